The lowest BCUT2D eigenvalue weighted by molar-refractivity contribution is 0.229. The molecule has 0 atom stereocenters. The first-order valence-corrected chi connectivity index (χ1v) is 11.3. The number of aromatic nitrogens is 1. The molecule has 3 nitrogen and oxygen atoms in total. The first-order chi connectivity index (χ1) is 14.8. The normalized spacial score (nSPS) is 11.1. The van der Waals surface area contributed by atoms with Gasteiger partial charge in [0.25, 0.3) is 0 Å². The molecule has 3 aromatic rings. The Hall–Kier alpha value is -2.81. The summed E-state index contributed by atoms with van der Waals surface area (Å²) in [5.41, 5.74) is 9.19. The molecule has 3 heteroatoms. The van der Waals surface area contributed by atoms with E-state index in [-0.39, 0.29) is 6.10 Å². The third-order valence-electron chi connectivity index (χ3n) is 5.61. The Morgan fingerprint density at radius 3 is 2.13 bits per heavy atom. The molecule has 0 unspecified atom stereocenters. The Bertz CT molecular complexity index is 1030. The summed E-state index contributed by atoms with van der Waals surface area (Å²) in [6.07, 6.45) is 2.02. The fourth-order valence-corrected chi connectivity index (χ4v) is 4.02. The van der Waals surface area contributed by atoms with Gasteiger partial charge in [-0.15, -0.1) is 0 Å². The average Bonchev–Trinajstić information content (AvgIpc) is 2.73. The van der Waals surface area contributed by atoms with Gasteiger partial charge in [0.1, 0.15) is 18.1 Å². The van der Waals surface area contributed by atoms with E-state index in [0.29, 0.717) is 6.61 Å². The summed E-state index contributed by atoms with van der Waals surface area (Å²) in [7, 11) is 0. The third kappa shape index (κ3) is 5.28. The highest BCUT2D eigenvalue weighted by atomic mass is 16.5. The van der Waals surface area contributed by atoms with Crippen LogP contribution in [-0.2, 0) is 19.4 Å². The van der Waals surface area contributed by atoms with E-state index in [1.165, 1.54) is 22.3 Å². The van der Waals surface area contributed by atoms with Crippen molar-refractivity contribution in [2.24, 2.45) is 0 Å². The van der Waals surface area contributed by atoms with Crippen molar-refractivity contribution in [2.45, 2.75) is 74.0 Å². The zero-order chi connectivity index (χ0) is 22.5. The number of ether oxygens (including phenoxy) is 2. The van der Waals surface area contributed by atoms with Crippen LogP contribution in [0.25, 0.3) is 11.3 Å². The van der Waals surface area contributed by atoms with E-state index < -0.39 is 0 Å². The van der Waals surface area contributed by atoms with E-state index in [2.05, 4.69) is 84.9 Å². The van der Waals surface area contributed by atoms with E-state index in [4.69, 9.17) is 14.5 Å². The molecule has 0 bridgehead atoms. The van der Waals surface area contributed by atoms with Crippen LogP contribution in [0.1, 0.15) is 61.2 Å². The molecule has 0 spiro atoms. The minimum Gasteiger partial charge on any atom is -0.490 e. The molecule has 0 saturated carbocycles. The first-order valence-electron chi connectivity index (χ1n) is 11.3. The van der Waals surface area contributed by atoms with Gasteiger partial charge in [-0.25, -0.2) is 0 Å². The van der Waals surface area contributed by atoms with Gasteiger partial charge in [-0.1, -0.05) is 49.7 Å². The van der Waals surface area contributed by atoms with Gasteiger partial charge in [-0.2, -0.15) is 0 Å². The molecule has 3 rings (SSSR count). The molecule has 0 aliphatic carbocycles. The van der Waals surface area contributed by atoms with Gasteiger partial charge >= 0.3 is 0 Å². The van der Waals surface area contributed by atoms with Gasteiger partial charge in [-0.3, -0.25) is 4.98 Å². The lowest BCUT2D eigenvalue weighted by atomic mass is 9.94. The number of rotatable bonds is 8. The van der Waals surface area contributed by atoms with Gasteiger partial charge in [0.2, 0.25) is 0 Å². The third-order valence-corrected chi connectivity index (χ3v) is 5.61. The van der Waals surface area contributed by atoms with Crippen LogP contribution in [0.5, 0.6) is 11.5 Å². The number of pyridine rings is 1. The van der Waals surface area contributed by atoms with E-state index in [1.807, 2.05) is 6.07 Å². The zero-order valence-corrected chi connectivity index (χ0v) is 20.0. The van der Waals surface area contributed by atoms with Crippen LogP contribution < -0.4 is 9.47 Å². The van der Waals surface area contributed by atoms with Crippen LogP contribution in [0.3, 0.4) is 0 Å². The highest BCUT2D eigenvalue weighted by Gasteiger charge is 2.18. The molecular formula is C28H35NO2. The molecule has 0 radical (unpaired) electrons. The Morgan fingerprint density at radius 1 is 0.871 bits per heavy atom. The molecule has 2 aromatic carbocycles. The van der Waals surface area contributed by atoms with Crippen LogP contribution in [0.2, 0.25) is 0 Å². The second-order valence-electron chi connectivity index (χ2n) is 8.45. The number of hydrogen-bond donors (Lipinski definition) is 0. The summed E-state index contributed by atoms with van der Waals surface area (Å²) in [5.74, 6) is 1.75. The van der Waals surface area contributed by atoms with Gasteiger partial charge in [-0.05, 0) is 70.2 Å². The average molecular weight is 418 g/mol. The Balaban J connectivity index is 2.04. The molecule has 31 heavy (non-hydrogen) atoms. The largest absolute Gasteiger partial charge is 0.490 e. The minimum absolute atomic E-state index is 0.0709. The summed E-state index contributed by atoms with van der Waals surface area (Å²) < 4.78 is 12.4. The highest BCUT2D eigenvalue weighted by molar-refractivity contribution is 5.70. The number of aryl methyl sites for hydroxylation is 5. The molecule has 0 N–H and O–H groups in total. The maximum absolute atomic E-state index is 6.25. The molecule has 0 saturated heterocycles. The first kappa shape index (κ1) is 22.9. The maximum Gasteiger partial charge on any atom is 0.130 e. The van der Waals surface area contributed by atoms with Crippen LogP contribution >= 0.6 is 0 Å². The van der Waals surface area contributed by atoms with Crippen LogP contribution in [0.15, 0.2) is 42.5 Å². The Kier molecular flexibility index (Phi) is 7.37. The smallest absolute Gasteiger partial charge is 0.130 e. The van der Waals surface area contributed by atoms with E-state index in [0.717, 1.165) is 46.9 Å². The van der Waals surface area contributed by atoms with Crippen molar-refractivity contribution in [1.82, 2.24) is 4.98 Å². The van der Waals surface area contributed by atoms with Gasteiger partial charge in [0, 0.05) is 17.3 Å². The predicted octanol–water partition coefficient (Wildman–Crippen LogP) is 7.16. The van der Waals surface area contributed by atoms with E-state index >= 15 is 0 Å². The predicted molar refractivity (Wildman–Crippen MR) is 129 cm³/mol. The molecular weight excluding hydrogens is 382 g/mol. The number of nitrogens with zero attached hydrogens (tertiary/aromatic N) is 1. The summed E-state index contributed by atoms with van der Waals surface area (Å²) >= 11 is 0. The Labute approximate surface area is 187 Å². The lowest BCUT2D eigenvalue weighted by Crippen LogP contribution is -2.12. The fraction of sp³-hybridized carbons (Fsp3) is 0.393. The van der Waals surface area contributed by atoms with Crippen molar-refractivity contribution in [3.63, 3.8) is 0 Å². The van der Waals surface area contributed by atoms with Gasteiger partial charge < -0.3 is 9.47 Å². The van der Waals surface area contributed by atoms with Crippen molar-refractivity contribution in [1.29, 1.82) is 0 Å². The Morgan fingerprint density at radius 2 is 1.55 bits per heavy atom. The quantitative estimate of drug-likeness (QED) is 0.389. The molecule has 0 aliphatic heterocycles. The van der Waals surface area contributed by atoms with Crippen molar-refractivity contribution < 1.29 is 9.47 Å². The topological polar surface area (TPSA) is 31.4 Å². The SMILES string of the molecule is CCc1cccc(CC)c1-c1cc(OC(C)C)c(COc2ccc(C)cc2C)c(C)n1. The molecule has 164 valence electrons. The molecule has 1 heterocycles. The van der Waals surface area contributed by atoms with Crippen LogP contribution in [0, 0.1) is 20.8 Å². The summed E-state index contributed by atoms with van der Waals surface area (Å²) in [6.45, 7) is 15.2. The van der Waals surface area contributed by atoms with Crippen molar-refractivity contribution in [2.75, 3.05) is 0 Å². The van der Waals surface area contributed by atoms with E-state index in [9.17, 15) is 0 Å². The van der Waals surface area contributed by atoms with Crippen LogP contribution in [-0.4, -0.2) is 11.1 Å². The van der Waals surface area contributed by atoms with Crippen molar-refractivity contribution >= 4 is 0 Å². The minimum atomic E-state index is 0.0709. The standard InChI is InChI=1S/C28H35NO2/c1-8-22-11-10-12-23(9-2)28(22)25-16-27(31-18(3)4)24(21(7)29-25)17-30-26-14-13-19(5)15-20(26)6/h10-16,18H,8-9,17H2,1-7H3. The summed E-state index contributed by atoms with van der Waals surface area (Å²) in [6, 6.07) is 14.9. The lowest BCUT2D eigenvalue weighted by Gasteiger charge is -2.20. The molecule has 0 fully saturated rings. The monoisotopic (exact) mass is 417 g/mol. The van der Waals surface area contributed by atoms with Crippen molar-refractivity contribution in [3.8, 4) is 22.8 Å². The maximum atomic E-state index is 6.25. The molecule has 0 amide bonds. The molecule has 1 aromatic heterocycles. The van der Waals surface area contributed by atoms with Gasteiger partial charge in [0.15, 0.2) is 0 Å². The number of benzene rings is 2. The van der Waals surface area contributed by atoms with Gasteiger partial charge in [0.05, 0.1) is 17.4 Å². The highest BCUT2D eigenvalue weighted by Crippen LogP contribution is 2.34. The van der Waals surface area contributed by atoms with Crippen LogP contribution in [0.4, 0.5) is 0 Å². The summed E-state index contributed by atoms with van der Waals surface area (Å²) in [5, 5.41) is 0. The molecule has 0 aliphatic rings. The van der Waals surface area contributed by atoms with Crippen molar-refractivity contribution in [3.05, 3.63) is 76.0 Å². The zero-order valence-electron chi connectivity index (χ0n) is 20.0. The second-order valence-corrected chi connectivity index (χ2v) is 8.45. The second kappa shape index (κ2) is 10.00. The van der Waals surface area contributed by atoms with E-state index in [1.54, 1.807) is 0 Å². The fourth-order valence-electron chi connectivity index (χ4n) is 4.02. The summed E-state index contributed by atoms with van der Waals surface area (Å²) in [4.78, 5) is 5.02. The number of hydrogen-bond acceptors (Lipinski definition) is 3.